The Bertz CT molecular complexity index is 1330. The Labute approximate surface area is 236 Å². The van der Waals surface area contributed by atoms with Crippen LogP contribution >= 0.6 is 0 Å². The number of hydrogen-bond acceptors (Lipinski definition) is 7. The number of likely N-dealkylation sites (tertiary alicyclic amines) is 1. The van der Waals surface area contributed by atoms with Crippen LogP contribution in [0.15, 0.2) is 53.3 Å². The smallest absolute Gasteiger partial charge is 0.410 e. The third-order valence-corrected chi connectivity index (χ3v) is 8.15. The highest BCUT2D eigenvalue weighted by atomic mass is 16.6. The van der Waals surface area contributed by atoms with Gasteiger partial charge in [-0.2, -0.15) is 0 Å². The van der Waals surface area contributed by atoms with E-state index in [2.05, 4.69) is 35.9 Å². The highest BCUT2D eigenvalue weighted by Crippen LogP contribution is 2.51. The first-order valence-corrected chi connectivity index (χ1v) is 14.2. The first-order chi connectivity index (χ1) is 18.9. The molecule has 1 aromatic carbocycles. The number of oxazole rings is 1. The van der Waals surface area contributed by atoms with Crippen molar-refractivity contribution in [3.05, 3.63) is 71.4 Å². The van der Waals surface area contributed by atoms with Crippen molar-refractivity contribution in [2.24, 2.45) is 5.41 Å². The molecule has 2 aromatic heterocycles. The average Bonchev–Trinajstić information content (AvgIpc) is 3.41. The molecule has 4 heterocycles. The van der Waals surface area contributed by atoms with Gasteiger partial charge < -0.3 is 23.9 Å². The van der Waals surface area contributed by atoms with Crippen molar-refractivity contribution in [3.8, 4) is 11.5 Å². The molecule has 8 heteroatoms. The van der Waals surface area contributed by atoms with Crippen LogP contribution in [0.3, 0.4) is 0 Å². The molecule has 214 valence electrons. The molecule has 8 nitrogen and oxygen atoms in total. The van der Waals surface area contributed by atoms with Crippen LogP contribution in [0.25, 0.3) is 11.5 Å². The summed E-state index contributed by atoms with van der Waals surface area (Å²) in [5.74, 6) is 1.98. The molecule has 2 fully saturated rings. The number of carbonyl (C=O) groups excluding carboxylic acids is 1. The Morgan fingerprint density at radius 2 is 1.75 bits per heavy atom. The summed E-state index contributed by atoms with van der Waals surface area (Å²) in [7, 11) is 0. The van der Waals surface area contributed by atoms with E-state index in [1.807, 2.05) is 45.9 Å². The van der Waals surface area contributed by atoms with Crippen LogP contribution in [0.1, 0.15) is 88.7 Å². The van der Waals surface area contributed by atoms with E-state index in [0.717, 1.165) is 37.4 Å². The Morgan fingerprint density at radius 1 is 1.07 bits per heavy atom. The Morgan fingerprint density at radius 3 is 2.38 bits per heavy atom. The lowest BCUT2D eigenvalue weighted by atomic mass is 9.62. The van der Waals surface area contributed by atoms with Gasteiger partial charge in [0, 0.05) is 55.6 Å². The van der Waals surface area contributed by atoms with Crippen LogP contribution in [0.2, 0.25) is 0 Å². The molecule has 2 aliphatic heterocycles. The lowest BCUT2D eigenvalue weighted by Gasteiger charge is -2.56. The maximum absolute atomic E-state index is 12.8. The van der Waals surface area contributed by atoms with Crippen LogP contribution in [-0.4, -0.2) is 58.0 Å². The Balaban J connectivity index is 1.50. The molecule has 1 atom stereocenters. The molecular formula is C32H41N3O5. The topological polar surface area (TPSA) is 97.9 Å². The van der Waals surface area contributed by atoms with Crippen molar-refractivity contribution in [2.45, 2.75) is 77.4 Å². The molecular weight excluding hydrogens is 506 g/mol. The van der Waals surface area contributed by atoms with Crippen molar-refractivity contribution < 1.29 is 23.8 Å². The van der Waals surface area contributed by atoms with E-state index in [1.54, 1.807) is 23.5 Å². The number of aromatic nitrogens is 2. The first-order valence-electron chi connectivity index (χ1n) is 14.2. The third kappa shape index (κ3) is 5.39. The number of pyridine rings is 1. The normalized spacial score (nSPS) is 19.2. The molecule has 2 aliphatic rings. The predicted octanol–water partition coefficient (Wildman–Crippen LogP) is 6.25. The lowest BCUT2D eigenvalue weighted by Crippen LogP contribution is -2.66. The maximum atomic E-state index is 12.8. The zero-order valence-corrected chi connectivity index (χ0v) is 24.4. The largest absolute Gasteiger partial charge is 0.444 e. The van der Waals surface area contributed by atoms with E-state index in [9.17, 15) is 9.90 Å². The number of rotatable bonds is 6. The molecule has 2 saturated heterocycles. The standard InChI is InChI=1S/C32H41N3O5/c1-21(2)22-7-9-25(10-8-22)32(37,31(6)19-35(20-31)29(36)40-30(3,4)5)26-15-24(16-33-17-26)28-34-18-27(39-28)23-11-13-38-14-12-23/h7-10,15-18,21,23,37H,11-14,19-20H2,1-6H3. The Kier molecular flexibility index (Phi) is 7.52. The van der Waals surface area contributed by atoms with Gasteiger partial charge >= 0.3 is 6.09 Å². The van der Waals surface area contributed by atoms with Crippen molar-refractivity contribution >= 4 is 6.09 Å². The Hall–Kier alpha value is -3.23. The zero-order chi connectivity index (χ0) is 28.7. The second-order valence-corrected chi connectivity index (χ2v) is 12.8. The summed E-state index contributed by atoms with van der Waals surface area (Å²) < 4.78 is 17.3. The number of carbonyl (C=O) groups is 1. The molecule has 1 N–H and O–H groups in total. The summed E-state index contributed by atoms with van der Waals surface area (Å²) in [5, 5.41) is 12.7. The summed E-state index contributed by atoms with van der Waals surface area (Å²) in [5.41, 5.74) is 0.543. The van der Waals surface area contributed by atoms with Crippen LogP contribution in [-0.2, 0) is 15.1 Å². The van der Waals surface area contributed by atoms with Gasteiger partial charge in [0.2, 0.25) is 5.89 Å². The van der Waals surface area contributed by atoms with Gasteiger partial charge in [0.1, 0.15) is 17.0 Å². The zero-order valence-electron chi connectivity index (χ0n) is 24.4. The van der Waals surface area contributed by atoms with Crippen molar-refractivity contribution in [3.63, 3.8) is 0 Å². The maximum Gasteiger partial charge on any atom is 0.410 e. The number of aliphatic hydroxyl groups is 1. The van der Waals surface area contributed by atoms with Gasteiger partial charge in [-0.3, -0.25) is 4.98 Å². The SMILES string of the molecule is CC(C)c1ccc(C(O)(c2cncc(-c3ncc(C4CCOCC4)o3)c2)C2(C)CN(C(=O)OC(C)(C)C)C2)cc1. The summed E-state index contributed by atoms with van der Waals surface area (Å²) in [6.07, 6.45) is 6.64. The van der Waals surface area contributed by atoms with Gasteiger partial charge in [0.25, 0.3) is 0 Å². The second-order valence-electron chi connectivity index (χ2n) is 12.8. The van der Waals surface area contributed by atoms with E-state index in [1.165, 1.54) is 5.56 Å². The predicted molar refractivity (Wildman–Crippen MR) is 152 cm³/mol. The summed E-state index contributed by atoms with van der Waals surface area (Å²) in [4.78, 5) is 23.5. The second kappa shape index (κ2) is 10.6. The van der Waals surface area contributed by atoms with E-state index in [4.69, 9.17) is 13.9 Å². The van der Waals surface area contributed by atoms with Crippen molar-refractivity contribution in [1.29, 1.82) is 0 Å². The number of ether oxygens (including phenoxy) is 2. The van der Waals surface area contributed by atoms with Gasteiger partial charge in [-0.15, -0.1) is 0 Å². The van der Waals surface area contributed by atoms with E-state index in [-0.39, 0.29) is 12.0 Å². The van der Waals surface area contributed by atoms with E-state index >= 15 is 0 Å². The van der Waals surface area contributed by atoms with Crippen LogP contribution < -0.4 is 0 Å². The fourth-order valence-electron chi connectivity index (χ4n) is 5.80. The fourth-order valence-corrected chi connectivity index (χ4v) is 5.80. The highest BCUT2D eigenvalue weighted by Gasteiger charge is 2.58. The van der Waals surface area contributed by atoms with Crippen molar-refractivity contribution in [1.82, 2.24) is 14.9 Å². The van der Waals surface area contributed by atoms with Crippen molar-refractivity contribution in [2.75, 3.05) is 26.3 Å². The lowest BCUT2D eigenvalue weighted by molar-refractivity contribution is -0.131. The minimum absolute atomic E-state index is 0.287. The minimum atomic E-state index is -1.43. The summed E-state index contributed by atoms with van der Waals surface area (Å²) in [6.45, 7) is 14.0. The molecule has 5 rings (SSSR count). The molecule has 0 spiro atoms. The van der Waals surface area contributed by atoms with Gasteiger partial charge in [-0.25, -0.2) is 9.78 Å². The molecule has 3 aromatic rings. The highest BCUT2D eigenvalue weighted by molar-refractivity contribution is 5.70. The average molecular weight is 548 g/mol. The quantitative estimate of drug-likeness (QED) is 0.390. The number of amides is 1. The fraction of sp³-hybridized carbons (Fsp3) is 0.531. The van der Waals surface area contributed by atoms with Gasteiger partial charge in [-0.1, -0.05) is 45.0 Å². The van der Waals surface area contributed by atoms with Gasteiger partial charge in [-0.05, 0) is 56.7 Å². The minimum Gasteiger partial charge on any atom is -0.444 e. The third-order valence-electron chi connectivity index (χ3n) is 8.15. The summed E-state index contributed by atoms with van der Waals surface area (Å²) >= 11 is 0. The molecule has 1 unspecified atom stereocenters. The first kappa shape index (κ1) is 28.3. The van der Waals surface area contributed by atoms with Gasteiger partial charge in [0.15, 0.2) is 0 Å². The number of nitrogens with zero attached hydrogens (tertiary/aromatic N) is 3. The molecule has 0 saturated carbocycles. The molecule has 40 heavy (non-hydrogen) atoms. The van der Waals surface area contributed by atoms with Gasteiger partial charge in [0.05, 0.1) is 11.8 Å². The number of hydrogen-bond donors (Lipinski definition) is 1. The molecule has 0 radical (unpaired) electrons. The number of benzene rings is 1. The van der Waals surface area contributed by atoms with Crippen LogP contribution in [0.4, 0.5) is 4.79 Å². The molecule has 1 amide bonds. The van der Waals surface area contributed by atoms with Crippen LogP contribution in [0.5, 0.6) is 0 Å². The van der Waals surface area contributed by atoms with E-state index in [0.29, 0.717) is 36.0 Å². The van der Waals surface area contributed by atoms with E-state index < -0.39 is 16.6 Å². The summed E-state index contributed by atoms with van der Waals surface area (Å²) in [6, 6.07) is 9.99. The molecule has 0 bridgehead atoms. The monoisotopic (exact) mass is 547 g/mol. The van der Waals surface area contributed by atoms with Crippen LogP contribution in [0, 0.1) is 5.41 Å². The molecule has 0 aliphatic carbocycles.